The molecule has 0 bridgehead atoms. The smallest absolute Gasteiger partial charge is 0.255 e. The molecule has 4 rings (SSSR count). The highest BCUT2D eigenvalue weighted by Crippen LogP contribution is 2.52. The minimum Gasteiger partial charge on any atom is -0.508 e. The first-order valence-electron chi connectivity index (χ1n) is 9.91. The SMILES string of the molecule is CN(C)C1C(=O)C(C(N)=O)=C(O)[C@@]2(O)C(=O)C3=C(O)c4c(O)ccc(C=O)c4CC3CC12. The lowest BCUT2D eigenvalue weighted by Gasteiger charge is -2.50. The van der Waals surface area contributed by atoms with Crippen LogP contribution in [0.25, 0.3) is 5.76 Å². The number of phenols is 1. The van der Waals surface area contributed by atoms with Gasteiger partial charge in [-0.05, 0) is 50.6 Å². The van der Waals surface area contributed by atoms with E-state index in [0.29, 0.717) is 11.8 Å². The number of hydrogen-bond donors (Lipinski definition) is 5. The quantitative estimate of drug-likeness (QED) is 0.312. The Morgan fingerprint density at radius 2 is 1.88 bits per heavy atom. The summed E-state index contributed by atoms with van der Waals surface area (Å²) in [5.41, 5.74) is 1.92. The summed E-state index contributed by atoms with van der Waals surface area (Å²) in [6.45, 7) is 0. The van der Waals surface area contributed by atoms with Crippen LogP contribution in [0.3, 0.4) is 0 Å². The lowest BCUT2D eigenvalue weighted by atomic mass is 9.57. The molecule has 0 saturated heterocycles. The maximum absolute atomic E-state index is 13.6. The van der Waals surface area contributed by atoms with Crippen molar-refractivity contribution < 1.29 is 39.6 Å². The van der Waals surface area contributed by atoms with Gasteiger partial charge in [0.05, 0.1) is 11.6 Å². The van der Waals surface area contributed by atoms with Gasteiger partial charge in [0.1, 0.15) is 29.1 Å². The molecule has 0 heterocycles. The van der Waals surface area contributed by atoms with Crippen molar-refractivity contribution in [2.75, 3.05) is 14.1 Å². The number of aromatic hydroxyl groups is 1. The van der Waals surface area contributed by atoms with E-state index in [-0.39, 0.29) is 35.3 Å². The summed E-state index contributed by atoms with van der Waals surface area (Å²) in [5.74, 6) is -7.19. The number of benzene rings is 1. The largest absolute Gasteiger partial charge is 0.508 e. The lowest BCUT2D eigenvalue weighted by Crippen LogP contribution is -2.65. The summed E-state index contributed by atoms with van der Waals surface area (Å²) in [7, 11) is 3.05. The highest BCUT2D eigenvalue weighted by Gasteiger charge is 2.64. The van der Waals surface area contributed by atoms with Gasteiger partial charge >= 0.3 is 0 Å². The van der Waals surface area contributed by atoms with Gasteiger partial charge < -0.3 is 26.2 Å². The molecule has 10 nitrogen and oxygen atoms in total. The highest BCUT2D eigenvalue weighted by molar-refractivity contribution is 6.24. The molecule has 168 valence electrons. The Morgan fingerprint density at radius 1 is 1.22 bits per heavy atom. The van der Waals surface area contributed by atoms with E-state index in [1.807, 2.05) is 0 Å². The highest BCUT2D eigenvalue weighted by atomic mass is 16.3. The number of aliphatic hydroxyl groups is 3. The average molecular weight is 442 g/mol. The minimum atomic E-state index is -2.68. The molecule has 1 saturated carbocycles. The summed E-state index contributed by atoms with van der Waals surface area (Å²) in [6, 6.07) is 1.44. The fraction of sp³-hybridized carbons (Fsp3) is 0.364. The molecule has 0 aliphatic heterocycles. The van der Waals surface area contributed by atoms with Gasteiger partial charge in [-0.25, -0.2) is 0 Å². The van der Waals surface area contributed by atoms with Crippen LogP contribution in [-0.4, -0.2) is 74.8 Å². The van der Waals surface area contributed by atoms with Gasteiger partial charge in [0.2, 0.25) is 5.78 Å². The van der Waals surface area contributed by atoms with Gasteiger partial charge in [-0.2, -0.15) is 0 Å². The zero-order chi connectivity index (χ0) is 23.7. The van der Waals surface area contributed by atoms with Crippen LogP contribution in [0.15, 0.2) is 29.0 Å². The summed E-state index contributed by atoms with van der Waals surface area (Å²) in [4.78, 5) is 51.4. The van der Waals surface area contributed by atoms with Gasteiger partial charge in [-0.1, -0.05) is 0 Å². The average Bonchev–Trinajstić information content (AvgIpc) is 2.70. The third-order valence-corrected chi connectivity index (χ3v) is 6.77. The molecule has 10 heteroatoms. The molecule has 3 unspecified atom stereocenters. The molecule has 0 radical (unpaired) electrons. The van der Waals surface area contributed by atoms with Crippen LogP contribution in [0, 0.1) is 11.8 Å². The number of nitrogens with two attached hydrogens (primary N) is 1. The number of likely N-dealkylation sites (N-methyl/N-ethyl adjacent to an activating group) is 1. The summed E-state index contributed by atoms with van der Waals surface area (Å²) in [5, 5.41) is 43.4. The third kappa shape index (κ3) is 2.59. The van der Waals surface area contributed by atoms with Crippen molar-refractivity contribution in [3.63, 3.8) is 0 Å². The van der Waals surface area contributed by atoms with Gasteiger partial charge in [0.15, 0.2) is 11.4 Å². The fourth-order valence-corrected chi connectivity index (χ4v) is 5.38. The first-order valence-corrected chi connectivity index (χ1v) is 9.91. The maximum atomic E-state index is 13.6. The monoisotopic (exact) mass is 442 g/mol. The number of phenolic OH excluding ortho intramolecular Hbond substituents is 1. The molecule has 1 aromatic rings. The minimum absolute atomic E-state index is 0.0281. The Kier molecular flexibility index (Phi) is 4.76. The van der Waals surface area contributed by atoms with Crippen molar-refractivity contribution in [3.05, 3.63) is 45.7 Å². The summed E-state index contributed by atoms with van der Waals surface area (Å²) >= 11 is 0. The van der Waals surface area contributed by atoms with E-state index >= 15 is 0 Å². The number of fused-ring (bicyclic) bond motifs is 3. The number of aliphatic hydroxyl groups excluding tert-OH is 2. The third-order valence-electron chi connectivity index (χ3n) is 6.77. The molecule has 0 spiro atoms. The first-order chi connectivity index (χ1) is 15.0. The molecule has 6 N–H and O–H groups in total. The zero-order valence-electron chi connectivity index (χ0n) is 17.3. The van der Waals surface area contributed by atoms with E-state index in [1.165, 1.54) is 31.1 Å². The number of rotatable bonds is 3. The van der Waals surface area contributed by atoms with Crippen molar-refractivity contribution in [2.45, 2.75) is 24.5 Å². The molecule has 0 aromatic heterocycles. The Morgan fingerprint density at radius 3 is 2.44 bits per heavy atom. The van der Waals surface area contributed by atoms with E-state index in [2.05, 4.69) is 0 Å². The standard InChI is InChI=1S/C22H22N2O8/c1-24(2)16-11-6-9-5-10-8(7-25)3-4-12(26)14(10)17(27)13(9)19(29)22(11,32)20(30)15(18(16)28)21(23)31/h3-4,7,9,11,16,26-27,30,32H,5-6H2,1-2H3,(H2,23,31)/t9?,11?,16?,22-/m0/s1. The maximum Gasteiger partial charge on any atom is 0.255 e. The predicted molar refractivity (Wildman–Crippen MR) is 110 cm³/mol. The number of Topliss-reactive ketones (excluding diaryl/α,β-unsaturated/α-hetero) is 2. The van der Waals surface area contributed by atoms with Gasteiger partial charge in [-0.3, -0.25) is 24.1 Å². The van der Waals surface area contributed by atoms with Crippen LogP contribution in [-0.2, 0) is 20.8 Å². The number of hydrogen-bond acceptors (Lipinski definition) is 9. The zero-order valence-corrected chi connectivity index (χ0v) is 17.3. The molecule has 1 fully saturated rings. The molecule has 32 heavy (non-hydrogen) atoms. The Hall–Kier alpha value is -3.50. The molecule has 3 aliphatic rings. The predicted octanol–water partition coefficient (Wildman–Crippen LogP) is -0.223. The number of carbonyl (C=O) groups excluding carboxylic acids is 4. The lowest BCUT2D eigenvalue weighted by molar-refractivity contribution is -0.153. The van der Waals surface area contributed by atoms with Crippen LogP contribution >= 0.6 is 0 Å². The molecule has 1 aromatic carbocycles. The number of primary amides is 1. The van der Waals surface area contributed by atoms with E-state index < -0.39 is 58.0 Å². The van der Waals surface area contributed by atoms with Crippen LogP contribution in [0.1, 0.15) is 27.9 Å². The Balaban J connectivity index is 2.00. The molecule has 1 amide bonds. The second kappa shape index (κ2) is 7.01. The van der Waals surface area contributed by atoms with Crippen molar-refractivity contribution in [3.8, 4) is 5.75 Å². The van der Waals surface area contributed by atoms with E-state index in [9.17, 15) is 39.6 Å². The van der Waals surface area contributed by atoms with E-state index in [4.69, 9.17) is 5.73 Å². The van der Waals surface area contributed by atoms with E-state index in [1.54, 1.807) is 0 Å². The second-order valence-electron chi connectivity index (χ2n) is 8.61. The number of ketones is 2. The van der Waals surface area contributed by atoms with Gasteiger partial charge in [0, 0.05) is 17.1 Å². The van der Waals surface area contributed by atoms with Gasteiger partial charge in [-0.15, -0.1) is 0 Å². The summed E-state index contributed by atoms with van der Waals surface area (Å²) in [6.07, 6.45) is 0.620. The van der Waals surface area contributed by atoms with Crippen molar-refractivity contribution in [1.29, 1.82) is 0 Å². The Bertz CT molecular complexity index is 1160. The van der Waals surface area contributed by atoms with Crippen LogP contribution < -0.4 is 5.73 Å². The number of nitrogens with zero attached hydrogens (tertiary/aromatic N) is 1. The van der Waals surface area contributed by atoms with E-state index in [0.717, 1.165) is 0 Å². The van der Waals surface area contributed by atoms with Crippen molar-refractivity contribution in [1.82, 2.24) is 4.90 Å². The fourth-order valence-electron chi connectivity index (χ4n) is 5.38. The number of amides is 1. The molecule has 3 aliphatic carbocycles. The number of aldehydes is 1. The normalized spacial score (nSPS) is 29.6. The summed E-state index contributed by atoms with van der Waals surface area (Å²) < 4.78 is 0. The Labute approximate surface area is 182 Å². The molecular weight excluding hydrogens is 420 g/mol. The number of carbonyl (C=O) groups is 4. The van der Waals surface area contributed by atoms with Crippen molar-refractivity contribution >= 4 is 29.5 Å². The van der Waals surface area contributed by atoms with Crippen LogP contribution in [0.4, 0.5) is 0 Å². The van der Waals surface area contributed by atoms with Crippen molar-refractivity contribution in [2.24, 2.45) is 17.6 Å². The van der Waals surface area contributed by atoms with Crippen LogP contribution in [0.5, 0.6) is 5.75 Å². The molecule has 4 atom stereocenters. The first kappa shape index (κ1) is 21.7. The molecular formula is C22H22N2O8. The van der Waals surface area contributed by atoms with Gasteiger partial charge in [0.25, 0.3) is 5.91 Å². The van der Waals surface area contributed by atoms with Crippen LogP contribution in [0.2, 0.25) is 0 Å². The second-order valence-corrected chi connectivity index (χ2v) is 8.61. The topological polar surface area (TPSA) is 178 Å².